The van der Waals surface area contributed by atoms with Gasteiger partial charge >= 0.3 is 0 Å². The molecule has 1 heterocycles. The van der Waals surface area contributed by atoms with Crippen molar-refractivity contribution < 1.29 is 9.21 Å². The third-order valence-electron chi connectivity index (χ3n) is 3.29. The highest BCUT2D eigenvalue weighted by atomic mass is 35.5. The van der Waals surface area contributed by atoms with Crippen LogP contribution in [-0.4, -0.2) is 12.5 Å². The van der Waals surface area contributed by atoms with Gasteiger partial charge in [-0.25, -0.2) is 0 Å². The van der Waals surface area contributed by atoms with Crippen LogP contribution in [0.4, 0.5) is 0 Å². The summed E-state index contributed by atoms with van der Waals surface area (Å²) in [5.74, 6) is 0.979. The Balaban J connectivity index is 1.86. The van der Waals surface area contributed by atoms with Gasteiger partial charge in [0, 0.05) is 6.54 Å². The molecule has 0 unspecified atom stereocenters. The first kappa shape index (κ1) is 14.7. The summed E-state index contributed by atoms with van der Waals surface area (Å²) >= 11 is 5.63. The minimum atomic E-state index is -0.204. The van der Waals surface area contributed by atoms with Crippen LogP contribution in [0.3, 0.4) is 0 Å². The molecule has 0 aliphatic rings. The van der Waals surface area contributed by atoms with E-state index in [1.54, 1.807) is 12.1 Å². The standard InChI is InChI=1S/C16H18ClNO2/c1-11-3-4-13(9-12(11)2)7-8-18-16(19)15-6-5-14(10-17)20-15/h3-6,9H,7-8,10H2,1-2H3,(H,18,19). The monoisotopic (exact) mass is 291 g/mol. The van der Waals surface area contributed by atoms with Gasteiger partial charge < -0.3 is 9.73 Å². The first-order valence-corrected chi connectivity index (χ1v) is 7.12. The molecule has 1 N–H and O–H groups in total. The lowest BCUT2D eigenvalue weighted by Gasteiger charge is -2.06. The van der Waals surface area contributed by atoms with E-state index in [4.69, 9.17) is 16.0 Å². The molecule has 0 aliphatic heterocycles. The molecule has 1 aromatic carbocycles. The topological polar surface area (TPSA) is 42.2 Å². The molecular formula is C16H18ClNO2. The van der Waals surface area contributed by atoms with Crippen molar-refractivity contribution in [1.29, 1.82) is 0 Å². The van der Waals surface area contributed by atoms with Gasteiger partial charge in [0.25, 0.3) is 5.91 Å². The Labute approximate surface area is 123 Å². The number of nitrogens with one attached hydrogen (secondary N) is 1. The summed E-state index contributed by atoms with van der Waals surface area (Å²) in [5, 5.41) is 2.84. The summed E-state index contributed by atoms with van der Waals surface area (Å²) in [6, 6.07) is 9.70. The van der Waals surface area contributed by atoms with Crippen LogP contribution in [0.1, 0.15) is 33.0 Å². The van der Waals surface area contributed by atoms with Crippen LogP contribution in [0, 0.1) is 13.8 Å². The van der Waals surface area contributed by atoms with Gasteiger partial charge in [-0.15, -0.1) is 11.6 Å². The number of hydrogen-bond donors (Lipinski definition) is 1. The van der Waals surface area contributed by atoms with Gasteiger partial charge in [-0.2, -0.15) is 0 Å². The molecule has 0 saturated carbocycles. The highest BCUT2D eigenvalue weighted by Crippen LogP contribution is 2.11. The Kier molecular flexibility index (Phi) is 4.85. The first-order valence-electron chi connectivity index (χ1n) is 6.59. The van der Waals surface area contributed by atoms with E-state index in [1.165, 1.54) is 16.7 Å². The number of rotatable bonds is 5. The lowest BCUT2D eigenvalue weighted by molar-refractivity contribution is 0.0925. The van der Waals surface area contributed by atoms with Crippen LogP contribution in [-0.2, 0) is 12.3 Å². The van der Waals surface area contributed by atoms with Crippen molar-refractivity contribution in [3.8, 4) is 0 Å². The number of hydrogen-bond acceptors (Lipinski definition) is 2. The smallest absolute Gasteiger partial charge is 0.287 e. The normalized spacial score (nSPS) is 10.6. The second-order valence-electron chi connectivity index (χ2n) is 4.82. The molecule has 0 spiro atoms. The van der Waals surface area contributed by atoms with Crippen LogP contribution in [0.5, 0.6) is 0 Å². The fourth-order valence-electron chi connectivity index (χ4n) is 1.94. The summed E-state index contributed by atoms with van der Waals surface area (Å²) in [5.41, 5.74) is 3.77. The maximum Gasteiger partial charge on any atom is 0.287 e. The van der Waals surface area contributed by atoms with Crippen LogP contribution in [0.25, 0.3) is 0 Å². The highest BCUT2D eigenvalue weighted by Gasteiger charge is 2.10. The predicted octanol–water partition coefficient (Wildman–Crippen LogP) is 3.61. The maximum atomic E-state index is 11.8. The van der Waals surface area contributed by atoms with Gasteiger partial charge in [-0.3, -0.25) is 4.79 Å². The Morgan fingerprint density at radius 1 is 1.20 bits per heavy atom. The Morgan fingerprint density at radius 3 is 2.65 bits per heavy atom. The minimum absolute atomic E-state index is 0.204. The Bertz CT molecular complexity index is 604. The highest BCUT2D eigenvalue weighted by molar-refractivity contribution is 6.16. The molecule has 0 bridgehead atoms. The lowest BCUT2D eigenvalue weighted by atomic mass is 10.0. The van der Waals surface area contributed by atoms with Crippen LogP contribution >= 0.6 is 11.6 Å². The fraction of sp³-hybridized carbons (Fsp3) is 0.312. The third-order valence-corrected chi connectivity index (χ3v) is 3.55. The summed E-state index contributed by atoms with van der Waals surface area (Å²) < 4.78 is 5.29. The number of aryl methyl sites for hydroxylation is 2. The zero-order valence-corrected chi connectivity index (χ0v) is 12.5. The minimum Gasteiger partial charge on any atom is -0.455 e. The summed E-state index contributed by atoms with van der Waals surface area (Å²) in [7, 11) is 0. The number of carbonyl (C=O) groups excluding carboxylic acids is 1. The van der Waals surface area contributed by atoms with Crippen LogP contribution in [0.15, 0.2) is 34.7 Å². The average molecular weight is 292 g/mol. The second kappa shape index (κ2) is 6.62. The van der Waals surface area contributed by atoms with Crippen molar-refractivity contribution in [2.24, 2.45) is 0 Å². The molecule has 0 fully saturated rings. The first-order chi connectivity index (χ1) is 9.60. The zero-order chi connectivity index (χ0) is 14.5. The number of benzene rings is 1. The van der Waals surface area contributed by atoms with E-state index >= 15 is 0 Å². The molecule has 0 radical (unpaired) electrons. The SMILES string of the molecule is Cc1ccc(CCNC(=O)c2ccc(CCl)o2)cc1C. The van der Waals surface area contributed by atoms with Gasteiger partial charge in [0.15, 0.2) is 5.76 Å². The number of halogens is 1. The van der Waals surface area contributed by atoms with Crippen molar-refractivity contribution in [3.05, 3.63) is 58.5 Å². The van der Waals surface area contributed by atoms with E-state index in [0.717, 1.165) is 6.42 Å². The van der Waals surface area contributed by atoms with E-state index in [1.807, 2.05) is 0 Å². The summed E-state index contributed by atoms with van der Waals surface area (Å²) in [4.78, 5) is 11.8. The molecule has 1 aromatic heterocycles. The van der Waals surface area contributed by atoms with Crippen molar-refractivity contribution in [2.75, 3.05) is 6.54 Å². The van der Waals surface area contributed by atoms with Gasteiger partial charge in [0.1, 0.15) is 5.76 Å². The average Bonchev–Trinajstić information content (AvgIpc) is 2.91. The van der Waals surface area contributed by atoms with Crippen LogP contribution in [0.2, 0.25) is 0 Å². The zero-order valence-electron chi connectivity index (χ0n) is 11.7. The third kappa shape index (κ3) is 3.64. The van der Waals surface area contributed by atoms with Gasteiger partial charge in [0.2, 0.25) is 0 Å². The second-order valence-corrected chi connectivity index (χ2v) is 5.09. The number of amides is 1. The fourth-order valence-corrected chi connectivity index (χ4v) is 2.08. The largest absolute Gasteiger partial charge is 0.455 e. The number of alkyl halides is 1. The lowest BCUT2D eigenvalue weighted by Crippen LogP contribution is -2.25. The van der Waals surface area contributed by atoms with E-state index in [9.17, 15) is 4.79 Å². The molecule has 20 heavy (non-hydrogen) atoms. The van der Waals surface area contributed by atoms with E-state index < -0.39 is 0 Å². The maximum absolute atomic E-state index is 11.8. The molecule has 3 nitrogen and oxygen atoms in total. The summed E-state index contributed by atoms with van der Waals surface area (Å²) in [6.07, 6.45) is 0.802. The van der Waals surface area contributed by atoms with Crippen molar-refractivity contribution in [2.45, 2.75) is 26.1 Å². The molecule has 2 aromatic rings. The molecule has 0 saturated heterocycles. The van der Waals surface area contributed by atoms with Gasteiger partial charge in [-0.05, 0) is 49.1 Å². The predicted molar refractivity (Wildman–Crippen MR) is 80.2 cm³/mol. The molecule has 106 valence electrons. The Morgan fingerprint density at radius 2 is 2.00 bits per heavy atom. The molecule has 0 atom stereocenters. The van der Waals surface area contributed by atoms with Crippen molar-refractivity contribution in [1.82, 2.24) is 5.32 Å². The molecule has 4 heteroatoms. The van der Waals surface area contributed by atoms with E-state index in [2.05, 4.69) is 37.4 Å². The number of furan rings is 1. The molecule has 1 amide bonds. The number of carbonyl (C=O) groups is 1. The molecule has 0 aliphatic carbocycles. The Hall–Kier alpha value is -1.74. The summed E-state index contributed by atoms with van der Waals surface area (Å²) in [6.45, 7) is 4.76. The van der Waals surface area contributed by atoms with Crippen LogP contribution < -0.4 is 5.32 Å². The van der Waals surface area contributed by atoms with E-state index in [0.29, 0.717) is 18.1 Å². The molecule has 2 rings (SSSR count). The van der Waals surface area contributed by atoms with Crippen molar-refractivity contribution >= 4 is 17.5 Å². The van der Waals surface area contributed by atoms with Gasteiger partial charge in [0.05, 0.1) is 5.88 Å². The van der Waals surface area contributed by atoms with Gasteiger partial charge in [-0.1, -0.05) is 18.2 Å². The van der Waals surface area contributed by atoms with Crippen molar-refractivity contribution in [3.63, 3.8) is 0 Å². The molecular weight excluding hydrogens is 274 g/mol. The van der Waals surface area contributed by atoms with E-state index in [-0.39, 0.29) is 11.8 Å². The quantitative estimate of drug-likeness (QED) is 0.855.